The Morgan fingerprint density at radius 3 is 2.97 bits per heavy atom. The predicted molar refractivity (Wildman–Crippen MR) is 110 cm³/mol. The Bertz CT molecular complexity index is 1030. The molecule has 2 fully saturated rings. The highest BCUT2D eigenvalue weighted by molar-refractivity contribution is 5.93. The molecule has 30 heavy (non-hydrogen) atoms. The Morgan fingerprint density at radius 1 is 1.37 bits per heavy atom. The van der Waals surface area contributed by atoms with Crippen molar-refractivity contribution in [3.8, 4) is 0 Å². The number of nitrogens with zero attached hydrogens (tertiary/aromatic N) is 3. The molecule has 7 heteroatoms. The summed E-state index contributed by atoms with van der Waals surface area (Å²) in [7, 11) is 1.76. The molecule has 1 aromatic carbocycles. The number of amides is 2. The van der Waals surface area contributed by atoms with Crippen LogP contribution in [0.25, 0.3) is 0 Å². The number of benzene rings is 1. The molecule has 0 saturated carbocycles. The third-order valence-corrected chi connectivity index (χ3v) is 6.67. The predicted octanol–water partition coefficient (Wildman–Crippen LogP) is 1.97. The standard InChI is InChI=1S/C23H26N4O3/c1-14-4-5-15(2)16(10-14)11-27-13-23-8-6-18(30-23)19(20(23)22(27)29)21(28)26(3)12-17-7-9-24-25-17/h4-10,18-20H,11-13H2,1-3H3,(H,24,25)/t18-,19+,20+,23-/m0/s1. The number of carbonyl (C=O) groups excluding carboxylic acids is 2. The zero-order valence-electron chi connectivity index (χ0n) is 17.5. The van der Waals surface area contributed by atoms with Crippen LogP contribution in [-0.4, -0.2) is 57.1 Å². The lowest BCUT2D eigenvalue weighted by atomic mass is 9.76. The van der Waals surface area contributed by atoms with E-state index >= 15 is 0 Å². The van der Waals surface area contributed by atoms with E-state index in [4.69, 9.17) is 4.74 Å². The first-order valence-electron chi connectivity index (χ1n) is 10.3. The van der Waals surface area contributed by atoms with Gasteiger partial charge in [0.05, 0.1) is 36.7 Å². The lowest BCUT2D eigenvalue weighted by molar-refractivity contribution is -0.142. The van der Waals surface area contributed by atoms with Gasteiger partial charge in [-0.15, -0.1) is 0 Å². The number of fused-ring (bicyclic) bond motifs is 1. The Labute approximate surface area is 175 Å². The molecule has 0 aliphatic carbocycles. The normalized spacial score (nSPS) is 29.0. The minimum Gasteiger partial charge on any atom is -0.360 e. The van der Waals surface area contributed by atoms with E-state index in [-0.39, 0.29) is 17.9 Å². The Kier molecular flexibility index (Phi) is 4.32. The van der Waals surface area contributed by atoms with Crippen LogP contribution in [0.2, 0.25) is 0 Å². The highest BCUT2D eigenvalue weighted by Crippen LogP contribution is 2.52. The molecule has 2 saturated heterocycles. The van der Waals surface area contributed by atoms with Crippen molar-refractivity contribution in [2.45, 2.75) is 38.6 Å². The van der Waals surface area contributed by atoms with E-state index in [0.717, 1.165) is 16.8 Å². The summed E-state index contributed by atoms with van der Waals surface area (Å²) in [5.74, 6) is -1.00. The van der Waals surface area contributed by atoms with Crippen LogP contribution in [0.15, 0.2) is 42.6 Å². The second kappa shape index (κ2) is 6.80. The van der Waals surface area contributed by atoms with Crippen molar-refractivity contribution in [2.24, 2.45) is 11.8 Å². The average Bonchev–Trinajstić information content (AvgIpc) is 3.47. The summed E-state index contributed by atoms with van der Waals surface area (Å²) in [6.07, 6.45) is 5.29. The monoisotopic (exact) mass is 406 g/mol. The van der Waals surface area contributed by atoms with Crippen LogP contribution in [0.4, 0.5) is 0 Å². The topological polar surface area (TPSA) is 78.5 Å². The summed E-state index contributed by atoms with van der Waals surface area (Å²) in [5.41, 5.74) is 3.64. The largest absolute Gasteiger partial charge is 0.360 e. The maximum atomic E-state index is 13.5. The highest BCUT2D eigenvalue weighted by atomic mass is 16.5. The summed E-state index contributed by atoms with van der Waals surface area (Å²) in [5, 5.41) is 6.82. The van der Waals surface area contributed by atoms with E-state index in [1.807, 2.05) is 23.1 Å². The van der Waals surface area contributed by atoms with Crippen LogP contribution in [-0.2, 0) is 27.4 Å². The van der Waals surface area contributed by atoms with Crippen LogP contribution in [0.3, 0.4) is 0 Å². The summed E-state index contributed by atoms with van der Waals surface area (Å²) in [4.78, 5) is 30.3. The van der Waals surface area contributed by atoms with Gasteiger partial charge in [-0.1, -0.05) is 35.9 Å². The van der Waals surface area contributed by atoms with E-state index in [2.05, 4.69) is 42.2 Å². The number of ether oxygens (including phenoxy) is 1. The Morgan fingerprint density at radius 2 is 2.20 bits per heavy atom. The molecule has 3 aliphatic rings. The first-order valence-corrected chi connectivity index (χ1v) is 10.3. The molecule has 0 unspecified atom stereocenters. The van der Waals surface area contributed by atoms with Gasteiger partial charge in [0.2, 0.25) is 11.8 Å². The van der Waals surface area contributed by atoms with Gasteiger partial charge in [-0.3, -0.25) is 14.7 Å². The van der Waals surface area contributed by atoms with Gasteiger partial charge in [0.25, 0.3) is 0 Å². The van der Waals surface area contributed by atoms with Gasteiger partial charge in [0, 0.05) is 19.8 Å². The van der Waals surface area contributed by atoms with Crippen molar-refractivity contribution in [1.29, 1.82) is 0 Å². The van der Waals surface area contributed by atoms with E-state index in [1.165, 1.54) is 5.56 Å². The number of nitrogens with one attached hydrogen (secondary N) is 1. The first-order chi connectivity index (χ1) is 14.4. The third-order valence-electron chi connectivity index (χ3n) is 6.67. The van der Waals surface area contributed by atoms with Crippen LogP contribution in [0.1, 0.15) is 22.4 Å². The van der Waals surface area contributed by atoms with Gasteiger partial charge < -0.3 is 14.5 Å². The number of aromatic nitrogens is 2. The fourth-order valence-corrected chi connectivity index (χ4v) is 5.13. The molecule has 2 aromatic rings. The fraction of sp³-hybridized carbons (Fsp3) is 0.435. The molecule has 1 spiro atoms. The molecule has 1 aromatic heterocycles. The molecule has 3 aliphatic heterocycles. The molecule has 2 amide bonds. The van der Waals surface area contributed by atoms with Gasteiger partial charge in [-0.25, -0.2) is 0 Å². The molecule has 0 radical (unpaired) electrons. The molecular weight excluding hydrogens is 380 g/mol. The van der Waals surface area contributed by atoms with E-state index in [9.17, 15) is 9.59 Å². The van der Waals surface area contributed by atoms with Crippen molar-refractivity contribution in [3.05, 3.63) is 65.0 Å². The van der Waals surface area contributed by atoms with Crippen molar-refractivity contribution >= 4 is 11.8 Å². The van der Waals surface area contributed by atoms with Crippen molar-refractivity contribution in [2.75, 3.05) is 13.6 Å². The summed E-state index contributed by atoms with van der Waals surface area (Å²) >= 11 is 0. The van der Waals surface area contributed by atoms with Gasteiger partial charge in [0.15, 0.2) is 0 Å². The maximum absolute atomic E-state index is 13.5. The second-order valence-electron chi connectivity index (χ2n) is 8.80. The zero-order valence-corrected chi connectivity index (χ0v) is 17.5. The van der Waals surface area contributed by atoms with Gasteiger partial charge in [0.1, 0.15) is 5.60 Å². The van der Waals surface area contributed by atoms with Crippen LogP contribution in [0, 0.1) is 25.7 Å². The lowest BCUT2D eigenvalue weighted by Crippen LogP contribution is -2.44. The number of carbonyl (C=O) groups is 2. The van der Waals surface area contributed by atoms with Crippen molar-refractivity contribution in [3.63, 3.8) is 0 Å². The van der Waals surface area contributed by atoms with Crippen LogP contribution >= 0.6 is 0 Å². The smallest absolute Gasteiger partial charge is 0.230 e. The number of likely N-dealkylation sites (tertiary alicyclic amines) is 1. The number of aryl methyl sites for hydroxylation is 2. The quantitative estimate of drug-likeness (QED) is 0.770. The lowest BCUT2D eigenvalue weighted by Gasteiger charge is -2.27. The minimum absolute atomic E-state index is 0.0102. The van der Waals surface area contributed by atoms with E-state index in [1.54, 1.807) is 18.1 Å². The SMILES string of the molecule is Cc1ccc(C)c(CN2C[C@]34C=C[C@H](O3)[C@@H](C(=O)N(C)Cc3ccn[nH]3)[C@@H]4C2=O)c1. The minimum atomic E-state index is -0.686. The average molecular weight is 406 g/mol. The van der Waals surface area contributed by atoms with Gasteiger partial charge in [-0.2, -0.15) is 5.10 Å². The summed E-state index contributed by atoms with van der Waals surface area (Å²) < 4.78 is 6.25. The molecule has 4 atom stereocenters. The molecule has 2 bridgehead atoms. The van der Waals surface area contributed by atoms with Crippen molar-refractivity contribution < 1.29 is 14.3 Å². The summed E-state index contributed by atoms with van der Waals surface area (Å²) in [6.45, 7) is 5.57. The van der Waals surface area contributed by atoms with Crippen molar-refractivity contribution in [1.82, 2.24) is 20.0 Å². The molecular formula is C23H26N4O3. The second-order valence-corrected chi connectivity index (χ2v) is 8.80. The van der Waals surface area contributed by atoms with Gasteiger partial charge in [-0.05, 0) is 31.0 Å². The molecule has 7 nitrogen and oxygen atoms in total. The Hall–Kier alpha value is -2.93. The first kappa shape index (κ1) is 19.1. The highest BCUT2D eigenvalue weighted by Gasteiger charge is 2.67. The number of H-pyrrole nitrogens is 1. The molecule has 1 N–H and O–H groups in total. The van der Waals surface area contributed by atoms with E-state index < -0.39 is 17.4 Å². The van der Waals surface area contributed by atoms with E-state index in [0.29, 0.717) is 19.6 Å². The third kappa shape index (κ3) is 2.88. The molecule has 4 heterocycles. The van der Waals surface area contributed by atoms with Crippen LogP contribution in [0.5, 0.6) is 0 Å². The van der Waals surface area contributed by atoms with Crippen LogP contribution < -0.4 is 0 Å². The number of hydrogen-bond donors (Lipinski definition) is 1. The summed E-state index contributed by atoms with van der Waals surface area (Å²) in [6, 6.07) is 8.14. The zero-order chi connectivity index (χ0) is 21.0. The molecule has 156 valence electrons. The maximum Gasteiger partial charge on any atom is 0.230 e. The number of rotatable bonds is 5. The Balaban J connectivity index is 1.38. The fourth-order valence-electron chi connectivity index (χ4n) is 5.13. The molecule has 5 rings (SSSR count). The van der Waals surface area contributed by atoms with Gasteiger partial charge >= 0.3 is 0 Å². The number of aromatic amines is 1. The number of hydrogen-bond acceptors (Lipinski definition) is 4.